The van der Waals surface area contributed by atoms with Crippen LogP contribution in [-0.2, 0) is 0 Å². The van der Waals surface area contributed by atoms with E-state index in [1.165, 1.54) is 0 Å². The maximum atomic E-state index is 12.5. The molecule has 0 spiro atoms. The van der Waals surface area contributed by atoms with Gasteiger partial charge in [-0.05, 0) is 46.8 Å². The van der Waals surface area contributed by atoms with Gasteiger partial charge in [0.1, 0.15) is 5.58 Å². The van der Waals surface area contributed by atoms with Crippen LogP contribution in [0.5, 0.6) is 0 Å². The summed E-state index contributed by atoms with van der Waals surface area (Å²) in [5.41, 5.74) is 8.71. The molecule has 0 radical (unpaired) electrons. The minimum atomic E-state index is -0.482. The van der Waals surface area contributed by atoms with Gasteiger partial charge in [-0.2, -0.15) is 0 Å². The average Bonchev–Trinajstić information content (AvgIpc) is 3.09. The zero-order chi connectivity index (χ0) is 19.0. The summed E-state index contributed by atoms with van der Waals surface area (Å²) in [5, 5.41) is 0.879. The topological polar surface area (TPSA) is 76.3 Å². The quantitative estimate of drug-likeness (QED) is 0.703. The summed E-state index contributed by atoms with van der Waals surface area (Å²) in [4.78, 5) is 24.9. The molecule has 2 aromatic heterocycles. The smallest absolute Gasteiger partial charge is 0.305 e. The van der Waals surface area contributed by atoms with Crippen LogP contribution in [0, 0.1) is 20.8 Å². The first kappa shape index (κ1) is 17.8. The van der Waals surface area contributed by atoms with E-state index in [1.807, 2.05) is 45.0 Å². The third kappa shape index (κ3) is 2.98. The average molecular weight is 353 g/mol. The Kier molecular flexibility index (Phi) is 4.59. The van der Waals surface area contributed by atoms with Crippen molar-refractivity contribution in [3.8, 4) is 0 Å². The molecule has 0 unspecified atom stereocenters. The first-order chi connectivity index (χ1) is 12.3. The Morgan fingerprint density at radius 3 is 2.31 bits per heavy atom. The van der Waals surface area contributed by atoms with Crippen molar-refractivity contribution in [3.63, 3.8) is 0 Å². The number of para-hydroxylation sites is 1. The van der Waals surface area contributed by atoms with Crippen LogP contribution in [-0.4, -0.2) is 16.4 Å². The SMILES string of the molecule is Cc1c(C(=O)NNC(=O)c2cc(C)n(C(C)C)c2C)oc2ccccc12. The normalized spacial score (nSPS) is 11.2. The molecule has 0 aliphatic rings. The van der Waals surface area contributed by atoms with Gasteiger partial charge in [0, 0.05) is 28.4 Å². The number of nitrogens with zero attached hydrogens (tertiary/aromatic N) is 1. The van der Waals surface area contributed by atoms with Gasteiger partial charge in [0.25, 0.3) is 5.91 Å². The number of rotatable bonds is 3. The highest BCUT2D eigenvalue weighted by Crippen LogP contribution is 2.24. The molecule has 2 heterocycles. The second-order valence-electron chi connectivity index (χ2n) is 6.71. The van der Waals surface area contributed by atoms with Crippen molar-refractivity contribution in [2.45, 2.75) is 40.7 Å². The fourth-order valence-electron chi connectivity index (χ4n) is 3.43. The minimum absolute atomic E-state index is 0.194. The van der Waals surface area contributed by atoms with E-state index in [9.17, 15) is 9.59 Å². The number of amides is 2. The van der Waals surface area contributed by atoms with Crippen molar-refractivity contribution in [2.75, 3.05) is 0 Å². The van der Waals surface area contributed by atoms with Crippen LogP contribution in [0.1, 0.15) is 57.8 Å². The lowest BCUT2D eigenvalue weighted by molar-refractivity contribution is 0.0831. The highest BCUT2D eigenvalue weighted by Gasteiger charge is 2.20. The number of aryl methyl sites for hydroxylation is 2. The van der Waals surface area contributed by atoms with Crippen molar-refractivity contribution in [1.82, 2.24) is 15.4 Å². The van der Waals surface area contributed by atoms with Crippen molar-refractivity contribution in [1.29, 1.82) is 0 Å². The second kappa shape index (κ2) is 6.71. The Labute approximate surface area is 152 Å². The molecule has 136 valence electrons. The van der Waals surface area contributed by atoms with E-state index < -0.39 is 5.91 Å². The summed E-state index contributed by atoms with van der Waals surface area (Å²) in [6.07, 6.45) is 0. The molecule has 6 heteroatoms. The summed E-state index contributed by atoms with van der Waals surface area (Å²) in [6.45, 7) is 9.80. The van der Waals surface area contributed by atoms with Crippen molar-refractivity contribution >= 4 is 22.8 Å². The molecule has 0 bridgehead atoms. The highest BCUT2D eigenvalue weighted by atomic mass is 16.3. The lowest BCUT2D eigenvalue weighted by Gasteiger charge is -2.13. The van der Waals surface area contributed by atoms with Crippen LogP contribution in [0.2, 0.25) is 0 Å². The Morgan fingerprint density at radius 1 is 1.04 bits per heavy atom. The number of nitrogens with one attached hydrogen (secondary N) is 2. The van der Waals surface area contributed by atoms with Crippen molar-refractivity contribution < 1.29 is 14.0 Å². The van der Waals surface area contributed by atoms with Crippen LogP contribution in [0.15, 0.2) is 34.7 Å². The molecule has 0 saturated carbocycles. The zero-order valence-electron chi connectivity index (χ0n) is 15.6. The molecule has 26 heavy (non-hydrogen) atoms. The van der Waals surface area contributed by atoms with Crippen LogP contribution in [0.25, 0.3) is 11.0 Å². The Balaban J connectivity index is 1.76. The number of furan rings is 1. The summed E-state index contributed by atoms with van der Waals surface area (Å²) in [6, 6.07) is 9.51. The molecule has 6 nitrogen and oxygen atoms in total. The van der Waals surface area contributed by atoms with Gasteiger partial charge in [0.2, 0.25) is 0 Å². The van der Waals surface area contributed by atoms with Gasteiger partial charge in [-0.25, -0.2) is 0 Å². The Bertz CT molecular complexity index is 995. The number of carbonyl (C=O) groups excluding carboxylic acids is 2. The van der Waals surface area contributed by atoms with E-state index in [-0.39, 0.29) is 17.7 Å². The standard InChI is InChI=1S/C20H23N3O3/c1-11(2)23-12(3)10-16(14(23)5)19(24)21-22-20(25)18-13(4)15-8-6-7-9-17(15)26-18/h6-11H,1-5H3,(H,21,24)(H,22,25). The van der Waals surface area contributed by atoms with E-state index >= 15 is 0 Å². The van der Waals surface area contributed by atoms with E-state index in [4.69, 9.17) is 4.42 Å². The number of hydrogen-bond donors (Lipinski definition) is 2. The predicted molar refractivity (Wildman–Crippen MR) is 100 cm³/mol. The number of fused-ring (bicyclic) bond motifs is 1. The summed E-state index contributed by atoms with van der Waals surface area (Å²) >= 11 is 0. The molecule has 0 aliphatic heterocycles. The molecule has 0 aliphatic carbocycles. The summed E-state index contributed by atoms with van der Waals surface area (Å²) < 4.78 is 7.69. The second-order valence-corrected chi connectivity index (χ2v) is 6.71. The molecule has 0 atom stereocenters. The molecule has 3 rings (SSSR count). The van der Waals surface area contributed by atoms with Crippen LogP contribution in [0.3, 0.4) is 0 Å². The van der Waals surface area contributed by atoms with Crippen molar-refractivity contribution in [2.24, 2.45) is 0 Å². The Morgan fingerprint density at radius 2 is 1.69 bits per heavy atom. The number of hydrazine groups is 1. The maximum Gasteiger partial charge on any atom is 0.305 e. The van der Waals surface area contributed by atoms with Crippen LogP contribution in [0.4, 0.5) is 0 Å². The van der Waals surface area contributed by atoms with E-state index in [0.29, 0.717) is 11.1 Å². The Hall–Kier alpha value is -3.02. The first-order valence-electron chi connectivity index (χ1n) is 8.58. The van der Waals surface area contributed by atoms with Gasteiger partial charge in [0.15, 0.2) is 5.76 Å². The number of carbonyl (C=O) groups is 2. The number of benzene rings is 1. The molecule has 2 N–H and O–H groups in total. The number of aromatic nitrogens is 1. The maximum absolute atomic E-state index is 12.5. The van der Waals surface area contributed by atoms with E-state index in [1.54, 1.807) is 6.07 Å². The van der Waals surface area contributed by atoms with Gasteiger partial charge >= 0.3 is 5.91 Å². The molecule has 3 aromatic rings. The summed E-state index contributed by atoms with van der Waals surface area (Å²) in [7, 11) is 0. The van der Waals surface area contributed by atoms with Gasteiger partial charge in [-0.1, -0.05) is 18.2 Å². The lowest BCUT2D eigenvalue weighted by Crippen LogP contribution is -2.41. The molecular weight excluding hydrogens is 330 g/mol. The molecule has 1 aromatic carbocycles. The van der Waals surface area contributed by atoms with Gasteiger partial charge in [0.05, 0.1) is 5.56 Å². The minimum Gasteiger partial charge on any atom is -0.451 e. The highest BCUT2D eigenvalue weighted by molar-refractivity contribution is 6.01. The van der Waals surface area contributed by atoms with Gasteiger partial charge < -0.3 is 8.98 Å². The fraction of sp³-hybridized carbons (Fsp3) is 0.300. The van der Waals surface area contributed by atoms with Gasteiger partial charge in [-0.3, -0.25) is 20.4 Å². The monoisotopic (exact) mass is 353 g/mol. The molecular formula is C20H23N3O3. The number of hydrogen-bond acceptors (Lipinski definition) is 3. The largest absolute Gasteiger partial charge is 0.451 e. The third-order valence-electron chi connectivity index (χ3n) is 4.58. The molecule has 0 fully saturated rings. The predicted octanol–water partition coefficient (Wildman–Crippen LogP) is 3.82. The third-order valence-corrected chi connectivity index (χ3v) is 4.58. The molecule has 2 amide bonds. The summed E-state index contributed by atoms with van der Waals surface area (Å²) in [5.74, 6) is -0.643. The van der Waals surface area contributed by atoms with Crippen molar-refractivity contribution in [3.05, 3.63) is 58.6 Å². The molecule has 0 saturated heterocycles. The van der Waals surface area contributed by atoms with Crippen LogP contribution >= 0.6 is 0 Å². The fourth-order valence-corrected chi connectivity index (χ4v) is 3.43. The lowest BCUT2D eigenvalue weighted by atomic mass is 10.1. The van der Waals surface area contributed by atoms with Gasteiger partial charge in [-0.15, -0.1) is 0 Å². The van der Waals surface area contributed by atoms with E-state index in [2.05, 4.69) is 29.3 Å². The zero-order valence-corrected chi connectivity index (χ0v) is 15.6. The van der Waals surface area contributed by atoms with Crippen LogP contribution < -0.4 is 10.9 Å². The van der Waals surface area contributed by atoms with E-state index in [0.717, 1.165) is 22.3 Å². The first-order valence-corrected chi connectivity index (χ1v) is 8.58.